The van der Waals surface area contributed by atoms with Gasteiger partial charge in [0.1, 0.15) is 6.10 Å². The number of carbonyl (C=O) groups excluding carboxylic acids is 4. The van der Waals surface area contributed by atoms with Crippen molar-refractivity contribution in [3.63, 3.8) is 0 Å². The molecule has 43 heavy (non-hydrogen) atoms. The van der Waals surface area contributed by atoms with Gasteiger partial charge in [0.25, 0.3) is 0 Å². The smallest absolute Gasteiger partial charge is 0.331 e. The molecule has 0 aromatic rings. The van der Waals surface area contributed by atoms with Gasteiger partial charge in [-0.25, -0.2) is 4.79 Å². The van der Waals surface area contributed by atoms with Gasteiger partial charge in [-0.1, -0.05) is 78.7 Å². The Kier molecular flexibility index (Phi) is 8.88. The molecule has 0 heterocycles. The molecule has 4 rings (SSSR count). The van der Waals surface area contributed by atoms with E-state index in [0.717, 1.165) is 31.8 Å². The summed E-state index contributed by atoms with van der Waals surface area (Å²) < 4.78 is 12.2. The summed E-state index contributed by atoms with van der Waals surface area (Å²) in [7, 11) is 0. The second-order valence-corrected chi connectivity index (χ2v) is 13.5. The quantitative estimate of drug-likeness (QED) is 0.149. The zero-order chi connectivity index (χ0) is 32.1. The maximum absolute atomic E-state index is 14.1. The Labute approximate surface area is 253 Å². The van der Waals surface area contributed by atoms with E-state index in [0.29, 0.717) is 0 Å². The molecule has 0 spiro atoms. The second kappa shape index (κ2) is 11.6. The fourth-order valence-electron chi connectivity index (χ4n) is 7.93. The Morgan fingerprint density at radius 3 is 2.40 bits per heavy atom. The predicted octanol–water partition coefficient (Wildman–Crippen LogP) is 3.56. The Hall–Kier alpha value is -2.88. The molecule has 0 aromatic carbocycles. The highest BCUT2D eigenvalue weighted by atomic mass is 16.6. The minimum absolute atomic E-state index is 0.201. The molecule has 8 atom stereocenters. The molecule has 0 bridgehead atoms. The lowest BCUT2D eigenvalue weighted by Gasteiger charge is -2.52. The third-order valence-corrected chi connectivity index (χ3v) is 10.3. The fraction of sp³-hybridized carbons (Fsp3) is 0.647. The minimum Gasteiger partial charge on any atom is -0.455 e. The van der Waals surface area contributed by atoms with Crippen molar-refractivity contribution in [1.29, 1.82) is 0 Å². The molecule has 2 saturated carbocycles. The first-order valence-corrected chi connectivity index (χ1v) is 15.4. The normalized spacial score (nSPS) is 37.9. The number of fused-ring (bicyclic) bond motifs is 5. The highest BCUT2D eigenvalue weighted by Gasteiger charge is 2.89. The third-order valence-electron chi connectivity index (χ3n) is 10.3. The molecule has 8 unspecified atom stereocenters. The number of rotatable bonds is 10. The molecule has 0 aromatic heterocycles. The Balaban J connectivity index is 1.82. The predicted molar refractivity (Wildman–Crippen MR) is 158 cm³/mol. The summed E-state index contributed by atoms with van der Waals surface area (Å²) in [5.74, 6) is -7.62. The number of esters is 2. The summed E-state index contributed by atoms with van der Waals surface area (Å²) in [5, 5.41) is 34.7. The Morgan fingerprint density at radius 1 is 1.12 bits per heavy atom. The van der Waals surface area contributed by atoms with E-state index in [1.807, 2.05) is 6.08 Å². The lowest BCUT2D eigenvalue weighted by molar-refractivity contribution is -0.229. The SMILES string of the molecule is CCCCCC=CC=CC(=O)OC1C(C)C2(O)C(C(=O)C(CO)=CC3(O)C(=O)C(C)=CC32)C2C(C)(C)C12OC(=O)C(C)C. The highest BCUT2D eigenvalue weighted by molar-refractivity contribution is 6.09. The number of allylic oxidation sites excluding steroid dienone is 3. The molecule has 4 aliphatic rings. The number of aliphatic hydroxyl groups excluding tert-OH is 1. The van der Waals surface area contributed by atoms with Crippen molar-refractivity contribution in [2.75, 3.05) is 6.61 Å². The number of unbranched alkanes of at least 4 members (excludes halogenated alkanes) is 3. The van der Waals surface area contributed by atoms with Crippen LogP contribution in [0.25, 0.3) is 0 Å². The summed E-state index contributed by atoms with van der Waals surface area (Å²) >= 11 is 0. The van der Waals surface area contributed by atoms with Gasteiger partial charge in [-0.05, 0) is 31.4 Å². The van der Waals surface area contributed by atoms with E-state index in [9.17, 15) is 34.5 Å². The van der Waals surface area contributed by atoms with Gasteiger partial charge >= 0.3 is 11.9 Å². The summed E-state index contributed by atoms with van der Waals surface area (Å²) in [5.41, 5.74) is -6.84. The number of aliphatic hydroxyl groups is 3. The first-order valence-electron chi connectivity index (χ1n) is 15.4. The van der Waals surface area contributed by atoms with Gasteiger partial charge in [-0.15, -0.1) is 0 Å². The minimum atomic E-state index is -2.29. The third kappa shape index (κ3) is 4.88. The van der Waals surface area contributed by atoms with Crippen molar-refractivity contribution in [2.45, 2.75) is 97.1 Å². The van der Waals surface area contributed by atoms with Crippen LogP contribution in [-0.4, -0.2) is 68.3 Å². The van der Waals surface area contributed by atoms with Crippen LogP contribution in [0.1, 0.15) is 74.1 Å². The molecular formula is C34H46O9. The van der Waals surface area contributed by atoms with Gasteiger partial charge in [-0.2, -0.15) is 0 Å². The Morgan fingerprint density at radius 2 is 1.79 bits per heavy atom. The van der Waals surface area contributed by atoms with Gasteiger partial charge < -0.3 is 24.8 Å². The Bertz CT molecular complexity index is 1300. The lowest BCUT2D eigenvalue weighted by atomic mass is 9.58. The van der Waals surface area contributed by atoms with Gasteiger partial charge in [0.05, 0.1) is 24.0 Å². The average Bonchev–Trinajstić information content (AvgIpc) is 3.35. The van der Waals surface area contributed by atoms with Crippen molar-refractivity contribution in [3.05, 3.63) is 47.6 Å². The summed E-state index contributed by atoms with van der Waals surface area (Å²) in [6.45, 7) is 11.4. The van der Waals surface area contributed by atoms with Crippen molar-refractivity contribution < 1.29 is 44.0 Å². The van der Waals surface area contributed by atoms with Gasteiger partial charge in [0.2, 0.25) is 0 Å². The first-order chi connectivity index (χ1) is 20.1. The van der Waals surface area contributed by atoms with Crippen molar-refractivity contribution in [1.82, 2.24) is 0 Å². The van der Waals surface area contributed by atoms with E-state index in [2.05, 4.69) is 6.92 Å². The van der Waals surface area contributed by atoms with E-state index in [1.165, 1.54) is 19.1 Å². The number of ketones is 2. The highest BCUT2D eigenvalue weighted by Crippen LogP contribution is 2.77. The van der Waals surface area contributed by atoms with Crippen LogP contribution in [0.15, 0.2) is 47.6 Å². The zero-order valence-corrected chi connectivity index (χ0v) is 26.3. The molecule has 236 valence electrons. The van der Waals surface area contributed by atoms with Crippen LogP contribution < -0.4 is 0 Å². The van der Waals surface area contributed by atoms with Gasteiger partial charge in [0, 0.05) is 34.8 Å². The summed E-state index contributed by atoms with van der Waals surface area (Å²) in [4.78, 5) is 53.7. The molecule has 0 saturated heterocycles. The van der Waals surface area contributed by atoms with Crippen LogP contribution in [0.5, 0.6) is 0 Å². The van der Waals surface area contributed by atoms with Crippen LogP contribution in [-0.2, 0) is 28.7 Å². The largest absolute Gasteiger partial charge is 0.455 e. The monoisotopic (exact) mass is 598 g/mol. The van der Waals surface area contributed by atoms with E-state index in [4.69, 9.17) is 9.47 Å². The summed E-state index contributed by atoms with van der Waals surface area (Å²) in [6.07, 6.45) is 12.0. The molecule has 4 aliphatic carbocycles. The number of hydrogen-bond acceptors (Lipinski definition) is 9. The number of ether oxygens (including phenoxy) is 2. The van der Waals surface area contributed by atoms with Crippen molar-refractivity contribution >= 4 is 23.5 Å². The average molecular weight is 599 g/mol. The standard InChI is InChI=1S/C34H46O9/c1-8-9-10-11-12-13-14-15-24(36)42-29-21(5)33(41)23-16-20(4)28(38)32(23,40)17-22(18-35)26(37)25(33)27-31(6,7)34(27,29)43-30(39)19(2)3/h12-17,19,21,23,25,27,29,35,40-41H,8-11,18H2,1-7H3. The van der Waals surface area contributed by atoms with Crippen LogP contribution >= 0.6 is 0 Å². The van der Waals surface area contributed by atoms with Crippen LogP contribution in [0, 0.1) is 35.0 Å². The number of hydrogen-bond donors (Lipinski definition) is 3. The number of carbonyl (C=O) groups is 4. The lowest BCUT2D eigenvalue weighted by Crippen LogP contribution is -2.67. The first kappa shape index (κ1) is 33.0. The van der Waals surface area contributed by atoms with Crippen LogP contribution in [0.4, 0.5) is 0 Å². The molecule has 9 heteroatoms. The summed E-state index contributed by atoms with van der Waals surface area (Å²) in [6, 6.07) is 0. The van der Waals surface area contributed by atoms with Gasteiger partial charge in [-0.3, -0.25) is 14.4 Å². The molecule has 2 fully saturated rings. The van der Waals surface area contributed by atoms with E-state index in [1.54, 1.807) is 46.8 Å². The van der Waals surface area contributed by atoms with Crippen LogP contribution in [0.3, 0.4) is 0 Å². The molecule has 0 radical (unpaired) electrons. The van der Waals surface area contributed by atoms with E-state index >= 15 is 0 Å². The maximum Gasteiger partial charge on any atom is 0.331 e. The fourth-order valence-corrected chi connectivity index (χ4v) is 7.93. The van der Waals surface area contributed by atoms with E-state index < -0.39 is 88.0 Å². The molecule has 0 amide bonds. The van der Waals surface area contributed by atoms with Crippen LogP contribution in [0.2, 0.25) is 0 Å². The molecule has 3 N–H and O–H groups in total. The topological polar surface area (TPSA) is 147 Å². The molecule has 9 nitrogen and oxygen atoms in total. The maximum atomic E-state index is 14.1. The molecule has 0 aliphatic heterocycles. The van der Waals surface area contributed by atoms with Crippen molar-refractivity contribution in [3.8, 4) is 0 Å². The second-order valence-electron chi connectivity index (χ2n) is 13.5. The zero-order valence-electron chi connectivity index (χ0n) is 26.3. The van der Waals surface area contributed by atoms with Gasteiger partial charge in [0.15, 0.2) is 22.8 Å². The molecular weight excluding hydrogens is 552 g/mol. The van der Waals surface area contributed by atoms with E-state index in [-0.39, 0.29) is 11.1 Å². The number of Topliss-reactive ketones (excluding diaryl/α,β-unsaturated/α-hetero) is 2. The van der Waals surface area contributed by atoms with Crippen molar-refractivity contribution in [2.24, 2.45) is 35.0 Å².